The average Bonchev–Trinajstić information content (AvgIpc) is 2.29. The van der Waals surface area contributed by atoms with Crippen LogP contribution in [0.4, 0.5) is 8.78 Å². The van der Waals surface area contributed by atoms with Crippen molar-refractivity contribution < 1.29 is 23.0 Å². The van der Waals surface area contributed by atoms with Crippen molar-refractivity contribution in [2.24, 2.45) is 0 Å². The molecule has 0 radical (unpaired) electrons. The fraction of sp³-hybridized carbons (Fsp3) is 0.250. The minimum Gasteiger partial charge on any atom is -0.460 e. The van der Waals surface area contributed by atoms with Gasteiger partial charge in [-0.1, -0.05) is 6.07 Å². The van der Waals surface area contributed by atoms with Gasteiger partial charge in [-0.2, -0.15) is 0 Å². The zero-order chi connectivity index (χ0) is 12.8. The van der Waals surface area contributed by atoms with E-state index < -0.39 is 23.4 Å². The number of carbonyl (C=O) groups excluding carboxylic acids is 1. The number of hydrogen-bond acceptors (Lipinski definition) is 3. The lowest BCUT2D eigenvalue weighted by molar-refractivity contribution is -0.141. The molecule has 1 aromatic carbocycles. The third-order valence-electron chi connectivity index (χ3n) is 1.87. The summed E-state index contributed by atoms with van der Waals surface area (Å²) in [4.78, 5) is 11.3. The molecule has 0 atom stereocenters. The quantitative estimate of drug-likeness (QED) is 0.462. The molecule has 0 aliphatic heterocycles. The van der Waals surface area contributed by atoms with Gasteiger partial charge in [0.1, 0.15) is 0 Å². The van der Waals surface area contributed by atoms with Crippen LogP contribution in [0.25, 0.3) is 0 Å². The smallest absolute Gasteiger partial charge is 0.373 e. The molecule has 92 valence electrons. The summed E-state index contributed by atoms with van der Waals surface area (Å²) in [7, 11) is 0. The van der Waals surface area contributed by atoms with Gasteiger partial charge < -0.3 is 9.47 Å². The molecular formula is C12H12F2O3. The number of hydrogen-bond donors (Lipinski definition) is 0. The Bertz CT molecular complexity index is 421. The van der Waals surface area contributed by atoms with Crippen molar-refractivity contribution in [2.45, 2.75) is 13.8 Å². The van der Waals surface area contributed by atoms with Crippen LogP contribution in [-0.4, -0.2) is 12.6 Å². The van der Waals surface area contributed by atoms with Gasteiger partial charge in [-0.05, 0) is 32.1 Å². The minimum atomic E-state index is -0.881. The van der Waals surface area contributed by atoms with Gasteiger partial charge in [-0.3, -0.25) is 0 Å². The molecule has 17 heavy (non-hydrogen) atoms. The maximum atomic E-state index is 13.3. The van der Waals surface area contributed by atoms with Crippen molar-refractivity contribution in [2.75, 3.05) is 6.61 Å². The van der Waals surface area contributed by atoms with Crippen LogP contribution >= 0.6 is 0 Å². The highest BCUT2D eigenvalue weighted by Gasteiger charge is 2.17. The molecule has 0 aromatic heterocycles. The van der Waals surface area contributed by atoms with E-state index in [1.54, 1.807) is 6.92 Å². The Labute approximate surface area is 97.7 Å². The van der Waals surface area contributed by atoms with E-state index in [0.29, 0.717) is 0 Å². The van der Waals surface area contributed by atoms with Crippen LogP contribution in [0.3, 0.4) is 0 Å². The van der Waals surface area contributed by atoms with Crippen molar-refractivity contribution in [1.29, 1.82) is 0 Å². The van der Waals surface area contributed by atoms with Gasteiger partial charge in [0.2, 0.25) is 5.76 Å². The highest BCUT2D eigenvalue weighted by molar-refractivity contribution is 5.86. The molecule has 0 aliphatic carbocycles. The normalized spacial score (nSPS) is 11.2. The van der Waals surface area contributed by atoms with Crippen LogP contribution < -0.4 is 4.74 Å². The second kappa shape index (κ2) is 5.98. The lowest BCUT2D eigenvalue weighted by Gasteiger charge is -2.09. The molecule has 0 unspecified atom stereocenters. The van der Waals surface area contributed by atoms with Crippen LogP contribution in [0.15, 0.2) is 30.0 Å². The minimum absolute atomic E-state index is 0.152. The lowest BCUT2D eigenvalue weighted by Crippen LogP contribution is -2.13. The number of allylic oxidation sites excluding steroid dienone is 1. The molecule has 0 spiro atoms. The fourth-order valence-electron chi connectivity index (χ4n) is 1.11. The summed E-state index contributed by atoms with van der Waals surface area (Å²) in [5.74, 6) is -3.40. The van der Waals surface area contributed by atoms with Gasteiger partial charge in [0.15, 0.2) is 17.4 Å². The maximum absolute atomic E-state index is 13.3. The molecule has 0 heterocycles. The number of halogens is 2. The van der Waals surface area contributed by atoms with E-state index in [4.69, 9.17) is 4.74 Å². The van der Waals surface area contributed by atoms with E-state index in [9.17, 15) is 13.6 Å². The summed E-state index contributed by atoms with van der Waals surface area (Å²) in [6.45, 7) is 3.28. The predicted octanol–water partition coefficient (Wildman–Crippen LogP) is 2.81. The third kappa shape index (κ3) is 3.27. The Hall–Kier alpha value is -1.91. The van der Waals surface area contributed by atoms with Gasteiger partial charge in [0.25, 0.3) is 0 Å². The average molecular weight is 242 g/mol. The number of benzene rings is 1. The Kier molecular flexibility index (Phi) is 4.63. The van der Waals surface area contributed by atoms with Crippen molar-refractivity contribution in [1.82, 2.24) is 0 Å². The van der Waals surface area contributed by atoms with E-state index >= 15 is 0 Å². The molecule has 0 N–H and O–H groups in total. The number of rotatable bonds is 4. The zero-order valence-corrected chi connectivity index (χ0v) is 9.50. The standard InChI is InChI=1S/C12H12F2O3/c1-3-10(12(15)16-4-2)17-11-8(13)6-5-7-9(11)14/h3,5-7H,4H2,1-2H3. The largest absolute Gasteiger partial charge is 0.460 e. The molecule has 0 aliphatic rings. The second-order valence-electron chi connectivity index (χ2n) is 3.03. The van der Waals surface area contributed by atoms with Crippen molar-refractivity contribution in [3.63, 3.8) is 0 Å². The summed E-state index contributed by atoms with van der Waals surface area (Å²) >= 11 is 0. The first kappa shape index (κ1) is 13.2. The highest BCUT2D eigenvalue weighted by Crippen LogP contribution is 2.23. The Morgan fingerprint density at radius 3 is 2.41 bits per heavy atom. The summed E-state index contributed by atoms with van der Waals surface area (Å²) in [5, 5.41) is 0. The summed E-state index contributed by atoms with van der Waals surface area (Å²) in [5.41, 5.74) is 0. The lowest BCUT2D eigenvalue weighted by atomic mass is 10.3. The fourth-order valence-corrected chi connectivity index (χ4v) is 1.11. The first-order valence-electron chi connectivity index (χ1n) is 5.05. The summed E-state index contributed by atoms with van der Waals surface area (Å²) in [6, 6.07) is 3.28. The van der Waals surface area contributed by atoms with E-state index in [-0.39, 0.29) is 12.4 Å². The number of carbonyl (C=O) groups is 1. The molecule has 0 bridgehead atoms. The van der Waals surface area contributed by atoms with Gasteiger partial charge >= 0.3 is 5.97 Å². The van der Waals surface area contributed by atoms with Crippen molar-refractivity contribution in [3.8, 4) is 5.75 Å². The molecule has 3 nitrogen and oxygen atoms in total. The maximum Gasteiger partial charge on any atom is 0.373 e. The molecule has 0 amide bonds. The molecule has 1 rings (SSSR count). The first-order valence-corrected chi connectivity index (χ1v) is 5.05. The molecule has 0 saturated heterocycles. The Balaban J connectivity index is 2.93. The van der Waals surface area contributed by atoms with Crippen molar-refractivity contribution in [3.05, 3.63) is 41.7 Å². The topological polar surface area (TPSA) is 35.5 Å². The van der Waals surface area contributed by atoms with E-state index in [0.717, 1.165) is 12.1 Å². The predicted molar refractivity (Wildman–Crippen MR) is 57.4 cm³/mol. The van der Waals surface area contributed by atoms with Gasteiger partial charge in [-0.25, -0.2) is 13.6 Å². The monoisotopic (exact) mass is 242 g/mol. The SMILES string of the molecule is CC=C(Oc1c(F)cccc1F)C(=O)OCC. The molecular weight excluding hydrogens is 230 g/mol. The van der Waals surface area contributed by atoms with Crippen LogP contribution in [-0.2, 0) is 9.53 Å². The zero-order valence-electron chi connectivity index (χ0n) is 9.50. The summed E-state index contributed by atoms with van der Waals surface area (Å²) < 4.78 is 36.0. The van der Waals surface area contributed by atoms with Gasteiger partial charge in [0.05, 0.1) is 6.61 Å². The molecule has 0 saturated carbocycles. The number of ether oxygens (including phenoxy) is 2. The van der Waals surface area contributed by atoms with Crippen LogP contribution in [0.1, 0.15) is 13.8 Å². The van der Waals surface area contributed by atoms with Crippen molar-refractivity contribution >= 4 is 5.97 Å². The number of esters is 1. The van der Waals surface area contributed by atoms with E-state index in [2.05, 4.69) is 4.74 Å². The van der Waals surface area contributed by atoms with Crippen LogP contribution in [0.2, 0.25) is 0 Å². The molecule has 5 heteroatoms. The van der Waals surface area contributed by atoms with Crippen LogP contribution in [0.5, 0.6) is 5.75 Å². The highest BCUT2D eigenvalue weighted by atomic mass is 19.1. The first-order chi connectivity index (χ1) is 8.10. The molecule has 0 fully saturated rings. The molecule has 1 aromatic rings. The second-order valence-corrected chi connectivity index (χ2v) is 3.03. The Morgan fingerprint density at radius 2 is 1.94 bits per heavy atom. The number of para-hydroxylation sites is 1. The van der Waals surface area contributed by atoms with E-state index in [1.807, 2.05) is 0 Å². The summed E-state index contributed by atoms with van der Waals surface area (Å²) in [6.07, 6.45) is 1.28. The third-order valence-corrected chi connectivity index (χ3v) is 1.87. The van der Waals surface area contributed by atoms with Gasteiger partial charge in [-0.15, -0.1) is 0 Å². The Morgan fingerprint density at radius 1 is 1.35 bits per heavy atom. The van der Waals surface area contributed by atoms with E-state index in [1.165, 1.54) is 19.1 Å². The van der Waals surface area contributed by atoms with Crippen LogP contribution in [0, 0.1) is 11.6 Å². The van der Waals surface area contributed by atoms with Gasteiger partial charge in [0, 0.05) is 0 Å².